The Hall–Kier alpha value is -3.58. The molecule has 0 aliphatic carbocycles. The van der Waals surface area contributed by atoms with Gasteiger partial charge in [-0.05, 0) is 49.6 Å². The Labute approximate surface area is 197 Å². The largest absolute Gasteiger partial charge is 0.459 e. The molecule has 6 nitrogen and oxygen atoms in total. The molecule has 3 aromatic carbocycles. The van der Waals surface area contributed by atoms with E-state index in [4.69, 9.17) is 4.74 Å². The molecule has 1 heterocycles. The molecule has 0 radical (unpaired) electrons. The minimum absolute atomic E-state index is 0.342. The van der Waals surface area contributed by atoms with E-state index < -0.39 is 40.9 Å². The van der Waals surface area contributed by atoms with Gasteiger partial charge in [-0.3, -0.25) is 20.2 Å². The summed E-state index contributed by atoms with van der Waals surface area (Å²) in [5.74, 6) is -1.97. The summed E-state index contributed by atoms with van der Waals surface area (Å²) >= 11 is 0. The first-order chi connectivity index (χ1) is 16.1. The first-order valence-corrected chi connectivity index (χ1v) is 11.1. The summed E-state index contributed by atoms with van der Waals surface area (Å²) in [6, 6.07) is 21.4. The number of rotatable bonds is 5. The second-order valence-corrected chi connectivity index (χ2v) is 9.50. The molecular weight excluding hydrogens is 435 g/mol. The molecule has 1 aliphatic rings. The van der Waals surface area contributed by atoms with Crippen molar-refractivity contribution < 1.29 is 18.8 Å². The van der Waals surface area contributed by atoms with Crippen LogP contribution in [0.1, 0.15) is 43.4 Å². The molecule has 0 amide bonds. The SMILES string of the molecule is CC(C)(C)OC(=O)[C@H]1NC(c2ccccc2)(c2ccccc2)[C@@H]([N+](=O)[O-])[C@@H]1c1ccc(F)cc1. The molecule has 4 rings (SSSR count). The fourth-order valence-corrected chi connectivity index (χ4v) is 4.87. The number of benzene rings is 3. The maximum atomic E-state index is 13.7. The molecule has 0 bridgehead atoms. The zero-order valence-electron chi connectivity index (χ0n) is 19.3. The predicted octanol–water partition coefficient (Wildman–Crippen LogP) is 4.81. The third-order valence-corrected chi connectivity index (χ3v) is 6.13. The Morgan fingerprint density at radius 3 is 1.88 bits per heavy atom. The second-order valence-electron chi connectivity index (χ2n) is 9.50. The van der Waals surface area contributed by atoms with Crippen molar-refractivity contribution in [1.82, 2.24) is 5.32 Å². The zero-order valence-corrected chi connectivity index (χ0v) is 19.3. The number of ether oxygens (including phenoxy) is 1. The lowest BCUT2D eigenvalue weighted by Crippen LogP contribution is -2.51. The molecule has 7 heteroatoms. The van der Waals surface area contributed by atoms with E-state index in [1.165, 1.54) is 24.3 Å². The van der Waals surface area contributed by atoms with Gasteiger partial charge < -0.3 is 4.74 Å². The van der Waals surface area contributed by atoms with Gasteiger partial charge in [-0.2, -0.15) is 0 Å². The maximum Gasteiger partial charge on any atom is 0.324 e. The standard InChI is InChI=1S/C27H27FN2O4/c1-26(2,3)34-25(31)23-22(18-14-16-21(28)17-15-18)24(30(32)33)27(29-23,19-10-6-4-7-11-19)20-12-8-5-9-13-20/h4-17,22-24,29H,1-3H3/t22-,23+,24+/m1/s1. The number of carbonyl (C=O) groups excluding carboxylic acids is 1. The van der Waals surface area contributed by atoms with E-state index in [2.05, 4.69) is 5.32 Å². The van der Waals surface area contributed by atoms with Crippen molar-refractivity contribution in [3.8, 4) is 0 Å². The average molecular weight is 463 g/mol. The van der Waals surface area contributed by atoms with Gasteiger partial charge in [0.2, 0.25) is 6.04 Å². The molecule has 1 saturated heterocycles. The molecule has 3 aromatic rings. The van der Waals surface area contributed by atoms with Crippen LogP contribution in [0.15, 0.2) is 84.9 Å². The normalized spacial score (nSPS) is 21.7. The van der Waals surface area contributed by atoms with Gasteiger partial charge in [-0.25, -0.2) is 4.39 Å². The van der Waals surface area contributed by atoms with E-state index in [-0.39, 0.29) is 4.92 Å². The first-order valence-electron chi connectivity index (χ1n) is 11.1. The van der Waals surface area contributed by atoms with Gasteiger partial charge >= 0.3 is 5.97 Å². The van der Waals surface area contributed by atoms with Gasteiger partial charge in [0.05, 0.1) is 5.92 Å². The summed E-state index contributed by atoms with van der Waals surface area (Å²) in [6.07, 6.45) is 0. The number of esters is 1. The lowest BCUT2D eigenvalue weighted by atomic mass is 9.74. The minimum Gasteiger partial charge on any atom is -0.459 e. The topological polar surface area (TPSA) is 81.5 Å². The van der Waals surface area contributed by atoms with Crippen molar-refractivity contribution in [2.75, 3.05) is 0 Å². The van der Waals surface area contributed by atoms with E-state index in [1.54, 1.807) is 20.8 Å². The Balaban J connectivity index is 1.98. The van der Waals surface area contributed by atoms with Gasteiger partial charge in [0.15, 0.2) is 0 Å². The first kappa shape index (κ1) is 23.6. The number of nitro groups is 1. The fraction of sp³-hybridized carbons (Fsp3) is 0.296. The van der Waals surface area contributed by atoms with Gasteiger partial charge in [0.1, 0.15) is 23.0 Å². The van der Waals surface area contributed by atoms with Crippen molar-refractivity contribution in [2.45, 2.75) is 49.9 Å². The summed E-state index contributed by atoms with van der Waals surface area (Å²) in [7, 11) is 0. The van der Waals surface area contributed by atoms with E-state index in [1.807, 2.05) is 60.7 Å². The molecule has 1 N–H and O–H groups in total. The van der Waals surface area contributed by atoms with Crippen LogP contribution >= 0.6 is 0 Å². The highest BCUT2D eigenvalue weighted by atomic mass is 19.1. The fourth-order valence-electron chi connectivity index (χ4n) is 4.87. The van der Waals surface area contributed by atoms with E-state index >= 15 is 0 Å². The highest BCUT2D eigenvalue weighted by Crippen LogP contribution is 2.48. The lowest BCUT2D eigenvalue weighted by molar-refractivity contribution is -0.533. The van der Waals surface area contributed by atoms with Crippen LogP contribution in [-0.2, 0) is 15.1 Å². The monoisotopic (exact) mass is 462 g/mol. The van der Waals surface area contributed by atoms with E-state index in [0.29, 0.717) is 16.7 Å². The van der Waals surface area contributed by atoms with Crippen molar-refractivity contribution in [3.05, 3.63) is 118 Å². The molecule has 176 valence electrons. The summed E-state index contributed by atoms with van der Waals surface area (Å²) in [5, 5.41) is 16.2. The number of carbonyl (C=O) groups is 1. The van der Waals surface area contributed by atoms with Crippen molar-refractivity contribution in [1.29, 1.82) is 0 Å². The highest BCUT2D eigenvalue weighted by Gasteiger charge is 2.64. The van der Waals surface area contributed by atoms with Gasteiger partial charge in [-0.15, -0.1) is 0 Å². The summed E-state index contributed by atoms with van der Waals surface area (Å²) < 4.78 is 19.4. The second kappa shape index (κ2) is 8.99. The Morgan fingerprint density at radius 1 is 0.941 bits per heavy atom. The molecule has 1 aliphatic heterocycles. The van der Waals surface area contributed by atoms with Crippen LogP contribution in [0.2, 0.25) is 0 Å². The van der Waals surface area contributed by atoms with Crippen molar-refractivity contribution in [2.24, 2.45) is 0 Å². The summed E-state index contributed by atoms with van der Waals surface area (Å²) in [5.41, 5.74) is -0.324. The van der Waals surface area contributed by atoms with Crippen LogP contribution in [-0.4, -0.2) is 28.6 Å². The molecule has 0 unspecified atom stereocenters. The summed E-state index contributed by atoms with van der Waals surface area (Å²) in [6.45, 7) is 5.25. The number of nitrogens with zero attached hydrogens (tertiary/aromatic N) is 1. The van der Waals surface area contributed by atoms with Gasteiger partial charge in [0.25, 0.3) is 0 Å². The maximum absolute atomic E-state index is 13.7. The van der Waals surface area contributed by atoms with Crippen LogP contribution in [0.4, 0.5) is 4.39 Å². The predicted molar refractivity (Wildman–Crippen MR) is 126 cm³/mol. The number of nitrogens with one attached hydrogen (secondary N) is 1. The van der Waals surface area contributed by atoms with Gasteiger partial charge in [0, 0.05) is 4.92 Å². The summed E-state index contributed by atoms with van der Waals surface area (Å²) in [4.78, 5) is 25.9. The van der Waals surface area contributed by atoms with Crippen LogP contribution in [0.5, 0.6) is 0 Å². The number of halogens is 1. The quantitative estimate of drug-likeness (QED) is 0.334. The number of hydrogen-bond acceptors (Lipinski definition) is 5. The Bertz CT molecular complexity index is 1120. The van der Waals surface area contributed by atoms with Crippen molar-refractivity contribution in [3.63, 3.8) is 0 Å². The highest BCUT2D eigenvalue weighted by molar-refractivity contribution is 5.79. The third-order valence-electron chi connectivity index (χ3n) is 6.13. The van der Waals surface area contributed by atoms with Crippen LogP contribution in [0, 0.1) is 15.9 Å². The van der Waals surface area contributed by atoms with Crippen LogP contribution in [0.25, 0.3) is 0 Å². The molecule has 0 spiro atoms. The minimum atomic E-state index is -1.33. The van der Waals surface area contributed by atoms with E-state index in [0.717, 1.165) is 0 Å². The van der Waals surface area contributed by atoms with E-state index in [9.17, 15) is 19.3 Å². The smallest absolute Gasteiger partial charge is 0.324 e. The molecule has 3 atom stereocenters. The molecule has 34 heavy (non-hydrogen) atoms. The molecule has 1 fully saturated rings. The molecular formula is C27H27FN2O4. The van der Waals surface area contributed by atoms with Crippen LogP contribution in [0.3, 0.4) is 0 Å². The number of hydrogen-bond donors (Lipinski definition) is 1. The molecule has 0 saturated carbocycles. The zero-order chi connectivity index (χ0) is 24.5. The Kier molecular flexibility index (Phi) is 6.23. The average Bonchev–Trinajstić information content (AvgIpc) is 3.17. The lowest BCUT2D eigenvalue weighted by Gasteiger charge is -2.33. The third kappa shape index (κ3) is 4.31. The van der Waals surface area contributed by atoms with Crippen LogP contribution < -0.4 is 5.32 Å². The van der Waals surface area contributed by atoms with Crippen molar-refractivity contribution >= 4 is 5.97 Å². The Morgan fingerprint density at radius 2 is 1.44 bits per heavy atom. The molecule has 0 aromatic heterocycles. The van der Waals surface area contributed by atoms with Gasteiger partial charge in [-0.1, -0.05) is 72.8 Å².